The summed E-state index contributed by atoms with van der Waals surface area (Å²) in [6, 6.07) is 7.15. The topological polar surface area (TPSA) is 77.0 Å². The Bertz CT molecular complexity index is 547. The summed E-state index contributed by atoms with van der Waals surface area (Å²) in [5.41, 5.74) is 7.21. The van der Waals surface area contributed by atoms with Crippen molar-refractivity contribution in [3.05, 3.63) is 41.5 Å². The van der Waals surface area contributed by atoms with Crippen molar-refractivity contribution in [1.82, 2.24) is 14.8 Å². The lowest BCUT2D eigenvalue weighted by atomic mass is 10.1. The first kappa shape index (κ1) is 11.2. The average Bonchev–Trinajstić information content (AvgIpc) is 2.77. The maximum Gasteiger partial charge on any atom is 0.138 e. The second kappa shape index (κ2) is 4.42. The molecule has 0 radical (unpaired) electrons. The zero-order chi connectivity index (χ0) is 12.5. The van der Waals surface area contributed by atoms with Crippen LogP contribution in [-0.2, 0) is 12.8 Å². The molecule has 3 rings (SSSR count). The Balaban J connectivity index is 1.89. The van der Waals surface area contributed by atoms with Crippen LogP contribution in [0.2, 0.25) is 0 Å². The number of aromatic hydroxyl groups is 1. The number of aryl methyl sites for hydroxylation is 1. The Morgan fingerprint density at radius 2 is 2.06 bits per heavy atom. The number of rotatable bonds is 2. The van der Waals surface area contributed by atoms with E-state index in [4.69, 9.17) is 5.73 Å². The van der Waals surface area contributed by atoms with E-state index in [0.29, 0.717) is 6.42 Å². The van der Waals surface area contributed by atoms with Crippen molar-refractivity contribution in [3.8, 4) is 5.75 Å². The molecule has 0 spiro atoms. The van der Waals surface area contributed by atoms with E-state index in [9.17, 15) is 5.11 Å². The number of benzene rings is 1. The highest BCUT2D eigenvalue weighted by molar-refractivity contribution is 5.28. The SMILES string of the molecule is NC1CCCc2nnc(Cc3ccc(O)cc3)n21. The van der Waals surface area contributed by atoms with Crippen molar-refractivity contribution in [1.29, 1.82) is 0 Å². The van der Waals surface area contributed by atoms with E-state index in [1.165, 1.54) is 0 Å². The molecule has 1 aromatic carbocycles. The molecule has 3 N–H and O–H groups in total. The molecule has 2 aromatic rings. The Morgan fingerprint density at radius 1 is 1.28 bits per heavy atom. The molecule has 1 aliphatic heterocycles. The Hall–Kier alpha value is -1.88. The first-order chi connectivity index (χ1) is 8.74. The molecule has 1 aliphatic rings. The molecule has 1 aromatic heterocycles. The predicted molar refractivity (Wildman–Crippen MR) is 67.1 cm³/mol. The van der Waals surface area contributed by atoms with Gasteiger partial charge in [0.1, 0.15) is 17.4 Å². The average molecular weight is 244 g/mol. The van der Waals surface area contributed by atoms with Crippen LogP contribution in [0.3, 0.4) is 0 Å². The number of nitrogens with zero attached hydrogens (tertiary/aromatic N) is 3. The van der Waals surface area contributed by atoms with E-state index in [0.717, 1.165) is 36.5 Å². The minimum absolute atomic E-state index is 0.00383. The smallest absolute Gasteiger partial charge is 0.138 e. The van der Waals surface area contributed by atoms with Gasteiger partial charge < -0.3 is 10.8 Å². The maximum atomic E-state index is 9.26. The van der Waals surface area contributed by atoms with Gasteiger partial charge in [-0.25, -0.2) is 0 Å². The molecular weight excluding hydrogens is 228 g/mol. The highest BCUT2D eigenvalue weighted by Crippen LogP contribution is 2.22. The van der Waals surface area contributed by atoms with Crippen molar-refractivity contribution in [2.45, 2.75) is 31.8 Å². The third kappa shape index (κ3) is 1.97. The highest BCUT2D eigenvalue weighted by atomic mass is 16.3. The number of phenolic OH excluding ortho intramolecular Hbond substituents is 1. The fraction of sp³-hybridized carbons (Fsp3) is 0.385. The lowest BCUT2D eigenvalue weighted by Gasteiger charge is -2.22. The van der Waals surface area contributed by atoms with Crippen molar-refractivity contribution in [3.63, 3.8) is 0 Å². The molecule has 1 atom stereocenters. The van der Waals surface area contributed by atoms with Gasteiger partial charge in [-0.2, -0.15) is 0 Å². The van der Waals surface area contributed by atoms with Gasteiger partial charge in [-0.05, 0) is 30.5 Å². The number of aromatic nitrogens is 3. The summed E-state index contributed by atoms with van der Waals surface area (Å²) in [6.45, 7) is 0. The van der Waals surface area contributed by atoms with Gasteiger partial charge in [0.2, 0.25) is 0 Å². The molecule has 18 heavy (non-hydrogen) atoms. The van der Waals surface area contributed by atoms with Gasteiger partial charge >= 0.3 is 0 Å². The van der Waals surface area contributed by atoms with Crippen LogP contribution in [0.5, 0.6) is 5.75 Å². The Kier molecular flexibility index (Phi) is 2.76. The van der Waals surface area contributed by atoms with Crippen molar-refractivity contribution in [2.75, 3.05) is 0 Å². The van der Waals surface area contributed by atoms with Crippen molar-refractivity contribution in [2.24, 2.45) is 5.73 Å². The van der Waals surface area contributed by atoms with E-state index in [1.54, 1.807) is 12.1 Å². The summed E-state index contributed by atoms with van der Waals surface area (Å²) in [7, 11) is 0. The summed E-state index contributed by atoms with van der Waals surface area (Å²) >= 11 is 0. The van der Waals surface area contributed by atoms with Gasteiger partial charge in [-0.3, -0.25) is 4.57 Å². The Labute approximate surface area is 105 Å². The standard InChI is InChI=1S/C13H16N4O/c14-11-2-1-3-12-15-16-13(17(11)12)8-9-4-6-10(18)7-5-9/h4-7,11,18H,1-3,8,14H2. The highest BCUT2D eigenvalue weighted by Gasteiger charge is 2.21. The van der Waals surface area contributed by atoms with Crippen LogP contribution in [0.1, 0.15) is 36.2 Å². The van der Waals surface area contributed by atoms with Gasteiger partial charge in [0.15, 0.2) is 0 Å². The van der Waals surface area contributed by atoms with E-state index in [1.807, 2.05) is 12.1 Å². The van der Waals surface area contributed by atoms with Gasteiger partial charge in [0.25, 0.3) is 0 Å². The lowest BCUT2D eigenvalue weighted by Crippen LogP contribution is -2.26. The van der Waals surface area contributed by atoms with E-state index in [2.05, 4.69) is 14.8 Å². The second-order valence-electron chi connectivity index (χ2n) is 4.71. The van der Waals surface area contributed by atoms with Crippen LogP contribution < -0.4 is 5.73 Å². The minimum atomic E-state index is -0.00383. The molecule has 5 nitrogen and oxygen atoms in total. The minimum Gasteiger partial charge on any atom is -0.508 e. The van der Waals surface area contributed by atoms with Crippen LogP contribution in [-0.4, -0.2) is 19.9 Å². The van der Waals surface area contributed by atoms with Crippen LogP contribution in [0.4, 0.5) is 0 Å². The van der Waals surface area contributed by atoms with Crippen LogP contribution in [0.25, 0.3) is 0 Å². The summed E-state index contributed by atoms with van der Waals surface area (Å²) in [6.07, 6.45) is 3.71. The fourth-order valence-corrected chi connectivity index (χ4v) is 2.43. The summed E-state index contributed by atoms with van der Waals surface area (Å²) in [5.74, 6) is 2.17. The molecule has 0 amide bonds. The predicted octanol–water partition coefficient (Wildman–Crippen LogP) is 1.37. The van der Waals surface area contributed by atoms with Gasteiger partial charge in [0.05, 0.1) is 6.17 Å². The van der Waals surface area contributed by atoms with Crippen LogP contribution in [0, 0.1) is 0 Å². The molecule has 2 heterocycles. The number of hydrogen-bond acceptors (Lipinski definition) is 4. The summed E-state index contributed by atoms with van der Waals surface area (Å²) in [4.78, 5) is 0. The van der Waals surface area contributed by atoms with Crippen LogP contribution in [0.15, 0.2) is 24.3 Å². The molecular formula is C13H16N4O. The molecule has 0 aliphatic carbocycles. The Morgan fingerprint density at radius 3 is 2.83 bits per heavy atom. The molecule has 5 heteroatoms. The lowest BCUT2D eigenvalue weighted by molar-refractivity contribution is 0.399. The quantitative estimate of drug-likeness (QED) is 0.836. The maximum absolute atomic E-state index is 9.26. The normalized spacial score (nSPS) is 18.6. The first-order valence-corrected chi connectivity index (χ1v) is 6.20. The van der Waals surface area contributed by atoms with Crippen LogP contribution >= 0.6 is 0 Å². The monoisotopic (exact) mass is 244 g/mol. The van der Waals surface area contributed by atoms with Gasteiger partial charge in [-0.1, -0.05) is 12.1 Å². The number of fused-ring (bicyclic) bond motifs is 1. The molecule has 0 bridgehead atoms. The van der Waals surface area contributed by atoms with Crippen molar-refractivity contribution < 1.29 is 5.11 Å². The van der Waals surface area contributed by atoms with E-state index < -0.39 is 0 Å². The van der Waals surface area contributed by atoms with Gasteiger partial charge in [-0.15, -0.1) is 10.2 Å². The third-order valence-electron chi connectivity index (χ3n) is 3.37. The molecule has 0 fully saturated rings. The molecule has 0 saturated carbocycles. The first-order valence-electron chi connectivity index (χ1n) is 6.20. The third-order valence-corrected chi connectivity index (χ3v) is 3.37. The zero-order valence-electron chi connectivity index (χ0n) is 10.1. The number of hydrogen-bond donors (Lipinski definition) is 2. The molecule has 0 saturated heterocycles. The fourth-order valence-electron chi connectivity index (χ4n) is 2.43. The van der Waals surface area contributed by atoms with E-state index >= 15 is 0 Å². The largest absolute Gasteiger partial charge is 0.508 e. The molecule has 94 valence electrons. The summed E-state index contributed by atoms with van der Waals surface area (Å²) < 4.78 is 2.05. The van der Waals surface area contributed by atoms with Gasteiger partial charge in [0, 0.05) is 12.8 Å². The zero-order valence-corrected chi connectivity index (χ0v) is 10.1. The number of nitrogens with two attached hydrogens (primary N) is 1. The second-order valence-corrected chi connectivity index (χ2v) is 4.71. The van der Waals surface area contributed by atoms with Crippen molar-refractivity contribution >= 4 is 0 Å². The summed E-state index contributed by atoms with van der Waals surface area (Å²) in [5, 5.41) is 17.7. The molecule has 1 unspecified atom stereocenters. The number of phenols is 1. The van der Waals surface area contributed by atoms with E-state index in [-0.39, 0.29) is 11.9 Å².